The Morgan fingerprint density at radius 2 is 1.83 bits per heavy atom. The van der Waals surface area contributed by atoms with Gasteiger partial charge in [-0.2, -0.15) is 0 Å². The lowest BCUT2D eigenvalue weighted by molar-refractivity contribution is 0.161. The standard InChI is InChI=1S/C17H24N2O3S/c1-13(2)14-6-8-15(9-7-14)23(21,22)18-11-10-17(20)16-5-4-12-19(16)3/h4-9,12-13,17-18,20H,10-11H2,1-3H3. The monoisotopic (exact) mass is 336 g/mol. The second kappa shape index (κ2) is 7.29. The molecule has 5 nitrogen and oxygen atoms in total. The van der Waals surface area contributed by atoms with Gasteiger partial charge in [0.15, 0.2) is 0 Å². The molecule has 2 rings (SSSR count). The molecule has 0 spiro atoms. The van der Waals surface area contributed by atoms with Crippen molar-refractivity contribution in [2.45, 2.75) is 37.2 Å². The van der Waals surface area contributed by atoms with E-state index in [0.717, 1.165) is 11.3 Å². The van der Waals surface area contributed by atoms with E-state index in [0.29, 0.717) is 12.3 Å². The van der Waals surface area contributed by atoms with Crippen LogP contribution in [0.5, 0.6) is 0 Å². The van der Waals surface area contributed by atoms with Crippen LogP contribution in [0.1, 0.15) is 43.5 Å². The molecule has 1 unspecified atom stereocenters. The highest BCUT2D eigenvalue weighted by Gasteiger charge is 2.16. The third-order valence-electron chi connectivity index (χ3n) is 3.89. The summed E-state index contributed by atoms with van der Waals surface area (Å²) >= 11 is 0. The molecule has 0 aliphatic heterocycles. The summed E-state index contributed by atoms with van der Waals surface area (Å²) < 4.78 is 28.9. The zero-order valence-electron chi connectivity index (χ0n) is 13.7. The SMILES string of the molecule is CC(C)c1ccc(S(=O)(=O)NCCC(O)c2cccn2C)cc1. The number of aryl methyl sites for hydroxylation is 1. The number of hydrogen-bond donors (Lipinski definition) is 2. The minimum atomic E-state index is -3.55. The van der Waals surface area contributed by atoms with E-state index in [4.69, 9.17) is 0 Å². The molecule has 23 heavy (non-hydrogen) atoms. The van der Waals surface area contributed by atoms with Crippen molar-refractivity contribution >= 4 is 10.0 Å². The molecule has 0 fully saturated rings. The molecule has 1 aromatic carbocycles. The molecular formula is C17H24N2O3S. The molecule has 0 radical (unpaired) electrons. The van der Waals surface area contributed by atoms with Crippen LogP contribution in [0.2, 0.25) is 0 Å². The third kappa shape index (κ3) is 4.43. The first-order valence-corrected chi connectivity index (χ1v) is 9.18. The number of aliphatic hydroxyl groups is 1. The van der Waals surface area contributed by atoms with E-state index in [1.165, 1.54) is 0 Å². The van der Waals surface area contributed by atoms with Crippen LogP contribution < -0.4 is 4.72 Å². The second-order valence-electron chi connectivity index (χ2n) is 5.97. The smallest absolute Gasteiger partial charge is 0.240 e. The van der Waals surface area contributed by atoms with Crippen LogP contribution in [0.25, 0.3) is 0 Å². The van der Waals surface area contributed by atoms with E-state index in [1.807, 2.05) is 42.1 Å². The zero-order chi connectivity index (χ0) is 17.0. The maximum absolute atomic E-state index is 12.3. The van der Waals surface area contributed by atoms with E-state index >= 15 is 0 Å². The highest BCUT2D eigenvalue weighted by molar-refractivity contribution is 7.89. The maximum Gasteiger partial charge on any atom is 0.240 e. The van der Waals surface area contributed by atoms with Gasteiger partial charge in [0.2, 0.25) is 10.0 Å². The minimum absolute atomic E-state index is 0.181. The number of rotatable bonds is 7. The van der Waals surface area contributed by atoms with E-state index in [1.54, 1.807) is 12.1 Å². The lowest BCUT2D eigenvalue weighted by Gasteiger charge is -2.13. The highest BCUT2D eigenvalue weighted by atomic mass is 32.2. The Balaban J connectivity index is 1.95. The average Bonchev–Trinajstić information content (AvgIpc) is 2.93. The molecule has 0 saturated carbocycles. The molecule has 6 heteroatoms. The van der Waals surface area contributed by atoms with E-state index in [-0.39, 0.29) is 11.4 Å². The van der Waals surface area contributed by atoms with Gasteiger partial charge in [-0.25, -0.2) is 13.1 Å². The first-order chi connectivity index (χ1) is 10.8. The second-order valence-corrected chi connectivity index (χ2v) is 7.74. The molecule has 0 aliphatic rings. The molecule has 0 bridgehead atoms. The minimum Gasteiger partial charge on any atom is -0.387 e. The van der Waals surface area contributed by atoms with Gasteiger partial charge in [0, 0.05) is 25.5 Å². The fourth-order valence-electron chi connectivity index (χ4n) is 2.41. The highest BCUT2D eigenvalue weighted by Crippen LogP contribution is 2.18. The lowest BCUT2D eigenvalue weighted by atomic mass is 10.0. The van der Waals surface area contributed by atoms with Crippen LogP contribution >= 0.6 is 0 Å². The van der Waals surface area contributed by atoms with Crippen LogP contribution in [-0.2, 0) is 17.1 Å². The molecule has 1 heterocycles. The summed E-state index contributed by atoms with van der Waals surface area (Å²) in [5.41, 5.74) is 1.87. The molecule has 1 aromatic heterocycles. The summed E-state index contributed by atoms with van der Waals surface area (Å²) in [7, 11) is -1.70. The molecule has 1 atom stereocenters. The molecule has 126 valence electrons. The van der Waals surface area contributed by atoms with Gasteiger partial charge in [0.05, 0.1) is 11.0 Å². The summed E-state index contributed by atoms with van der Waals surface area (Å²) in [6, 6.07) is 10.6. The van der Waals surface area contributed by atoms with Gasteiger partial charge in [-0.1, -0.05) is 26.0 Å². The van der Waals surface area contributed by atoms with Crippen molar-refractivity contribution in [3.63, 3.8) is 0 Å². The maximum atomic E-state index is 12.3. The van der Waals surface area contributed by atoms with Crippen molar-refractivity contribution in [1.82, 2.24) is 9.29 Å². The number of nitrogens with one attached hydrogen (secondary N) is 1. The molecule has 2 aromatic rings. The molecule has 2 N–H and O–H groups in total. The van der Waals surface area contributed by atoms with Gasteiger partial charge in [0.1, 0.15) is 0 Å². The Morgan fingerprint density at radius 3 is 2.35 bits per heavy atom. The topological polar surface area (TPSA) is 71.3 Å². The van der Waals surface area contributed by atoms with Crippen LogP contribution in [0.3, 0.4) is 0 Å². The van der Waals surface area contributed by atoms with Gasteiger partial charge in [-0.05, 0) is 42.2 Å². The predicted octanol–water partition coefficient (Wildman–Crippen LogP) is 2.55. The van der Waals surface area contributed by atoms with E-state index < -0.39 is 16.1 Å². The van der Waals surface area contributed by atoms with Crippen molar-refractivity contribution < 1.29 is 13.5 Å². The van der Waals surface area contributed by atoms with Crippen LogP contribution in [0, 0.1) is 0 Å². The van der Waals surface area contributed by atoms with E-state index in [9.17, 15) is 13.5 Å². The van der Waals surface area contributed by atoms with Gasteiger partial charge in [-0.15, -0.1) is 0 Å². The largest absolute Gasteiger partial charge is 0.387 e. The number of benzene rings is 1. The van der Waals surface area contributed by atoms with E-state index in [2.05, 4.69) is 18.6 Å². The predicted molar refractivity (Wildman–Crippen MR) is 90.7 cm³/mol. The van der Waals surface area contributed by atoms with Crippen molar-refractivity contribution in [3.8, 4) is 0 Å². The number of hydrogen-bond acceptors (Lipinski definition) is 3. The average molecular weight is 336 g/mol. The molecule has 0 amide bonds. The van der Waals surface area contributed by atoms with Gasteiger partial charge in [0.25, 0.3) is 0 Å². The lowest BCUT2D eigenvalue weighted by Crippen LogP contribution is -2.26. The van der Waals surface area contributed by atoms with Gasteiger partial charge in [-0.3, -0.25) is 0 Å². The van der Waals surface area contributed by atoms with Gasteiger partial charge >= 0.3 is 0 Å². The van der Waals surface area contributed by atoms with Gasteiger partial charge < -0.3 is 9.67 Å². The Hall–Kier alpha value is -1.63. The quantitative estimate of drug-likeness (QED) is 0.816. The molecule has 0 aliphatic carbocycles. The number of aliphatic hydroxyl groups excluding tert-OH is 1. The number of nitrogens with zero attached hydrogens (tertiary/aromatic N) is 1. The third-order valence-corrected chi connectivity index (χ3v) is 5.37. The summed E-state index contributed by atoms with van der Waals surface area (Å²) in [5.74, 6) is 0.361. The first-order valence-electron chi connectivity index (χ1n) is 7.70. The normalized spacial score (nSPS) is 13.4. The number of aromatic nitrogens is 1. The molecular weight excluding hydrogens is 312 g/mol. The Labute approximate surface area is 138 Å². The Morgan fingerprint density at radius 1 is 1.17 bits per heavy atom. The summed E-state index contributed by atoms with van der Waals surface area (Å²) in [6.45, 7) is 4.31. The van der Waals surface area contributed by atoms with Crippen LogP contribution in [0.15, 0.2) is 47.5 Å². The van der Waals surface area contributed by atoms with Crippen molar-refractivity contribution in [1.29, 1.82) is 0 Å². The summed E-state index contributed by atoms with van der Waals surface area (Å²) in [4.78, 5) is 0.246. The fourth-order valence-corrected chi connectivity index (χ4v) is 3.46. The molecule has 0 saturated heterocycles. The zero-order valence-corrected chi connectivity index (χ0v) is 14.5. The summed E-state index contributed by atoms with van der Waals surface area (Å²) in [5, 5.41) is 10.1. The van der Waals surface area contributed by atoms with Crippen molar-refractivity contribution in [3.05, 3.63) is 53.9 Å². The first kappa shape index (κ1) is 17.7. The van der Waals surface area contributed by atoms with Crippen molar-refractivity contribution in [2.24, 2.45) is 7.05 Å². The van der Waals surface area contributed by atoms with Crippen LogP contribution in [-0.4, -0.2) is 24.6 Å². The Bertz CT molecular complexity index is 733. The summed E-state index contributed by atoms with van der Waals surface area (Å²) in [6.07, 6.45) is 1.47. The fraction of sp³-hybridized carbons (Fsp3) is 0.412. The van der Waals surface area contributed by atoms with Crippen molar-refractivity contribution in [2.75, 3.05) is 6.54 Å². The Kier molecular flexibility index (Phi) is 5.62. The van der Waals surface area contributed by atoms with Crippen LogP contribution in [0.4, 0.5) is 0 Å². The number of sulfonamides is 1.